The molecule has 0 N–H and O–H groups in total. The van der Waals surface area contributed by atoms with E-state index in [0.717, 1.165) is 19.3 Å². The molecule has 0 amide bonds. The number of carbonyl (C=O) groups excluding carboxylic acids is 1. The summed E-state index contributed by atoms with van der Waals surface area (Å²) in [6, 6.07) is 8.51. The molecule has 0 aromatic heterocycles. The molecule has 1 aromatic carbocycles. The van der Waals surface area contributed by atoms with Gasteiger partial charge in [0.2, 0.25) is 0 Å². The highest BCUT2D eigenvalue weighted by Gasteiger charge is 2.01. The van der Waals surface area contributed by atoms with Gasteiger partial charge in [0.15, 0.2) is 0 Å². The molecule has 0 fully saturated rings. The van der Waals surface area contributed by atoms with E-state index in [2.05, 4.69) is 31.2 Å². The molecule has 0 saturated carbocycles. The summed E-state index contributed by atoms with van der Waals surface area (Å²) in [5.74, 6) is -0.0771. The Balaban J connectivity index is 2.18. The van der Waals surface area contributed by atoms with Gasteiger partial charge in [0, 0.05) is 6.42 Å². The lowest BCUT2D eigenvalue weighted by Crippen LogP contribution is -2.03. The Kier molecular flexibility index (Phi) is 5.62. The first-order valence-electron chi connectivity index (χ1n) is 5.93. The Labute approximate surface area is 97.6 Å². The minimum Gasteiger partial charge on any atom is -0.466 e. The largest absolute Gasteiger partial charge is 0.466 e. The number of aryl methyl sites for hydroxylation is 2. The van der Waals surface area contributed by atoms with Crippen molar-refractivity contribution in [2.24, 2.45) is 0 Å². The van der Waals surface area contributed by atoms with Gasteiger partial charge in [-0.25, -0.2) is 0 Å². The average Bonchev–Trinajstić information content (AvgIpc) is 2.25. The summed E-state index contributed by atoms with van der Waals surface area (Å²) < 4.78 is 4.87. The van der Waals surface area contributed by atoms with Crippen molar-refractivity contribution in [1.29, 1.82) is 0 Å². The standard InChI is InChI=1S/C14H20O2/c1-3-16-14(15)10-5-4-8-13-9-6-7-12(2)11-13/h6-7,9,11H,3-5,8,10H2,1-2H3. The summed E-state index contributed by atoms with van der Waals surface area (Å²) in [6.07, 6.45) is 3.54. The first-order chi connectivity index (χ1) is 7.72. The van der Waals surface area contributed by atoms with Crippen LogP contribution in [-0.2, 0) is 16.0 Å². The van der Waals surface area contributed by atoms with Crippen molar-refractivity contribution in [1.82, 2.24) is 0 Å². The summed E-state index contributed by atoms with van der Waals surface area (Å²) in [5, 5.41) is 0. The van der Waals surface area contributed by atoms with E-state index in [-0.39, 0.29) is 5.97 Å². The molecule has 1 rings (SSSR count). The van der Waals surface area contributed by atoms with E-state index >= 15 is 0 Å². The maximum atomic E-state index is 11.1. The molecule has 0 radical (unpaired) electrons. The fourth-order valence-electron chi connectivity index (χ4n) is 1.70. The predicted molar refractivity (Wildman–Crippen MR) is 65.4 cm³/mol. The quantitative estimate of drug-likeness (QED) is 0.543. The van der Waals surface area contributed by atoms with Crippen molar-refractivity contribution in [2.45, 2.75) is 39.5 Å². The SMILES string of the molecule is CCOC(=O)CCCCc1cccc(C)c1. The van der Waals surface area contributed by atoms with E-state index in [9.17, 15) is 4.79 Å². The zero-order chi connectivity index (χ0) is 11.8. The highest BCUT2D eigenvalue weighted by molar-refractivity contribution is 5.69. The van der Waals surface area contributed by atoms with Crippen LogP contribution in [0.25, 0.3) is 0 Å². The van der Waals surface area contributed by atoms with Crippen LogP contribution in [0.4, 0.5) is 0 Å². The smallest absolute Gasteiger partial charge is 0.305 e. The van der Waals surface area contributed by atoms with Crippen LogP contribution in [0.2, 0.25) is 0 Å². The zero-order valence-electron chi connectivity index (χ0n) is 10.2. The number of esters is 1. The van der Waals surface area contributed by atoms with Gasteiger partial charge in [0.05, 0.1) is 6.61 Å². The zero-order valence-corrected chi connectivity index (χ0v) is 10.2. The molecular weight excluding hydrogens is 200 g/mol. The van der Waals surface area contributed by atoms with Gasteiger partial charge >= 0.3 is 5.97 Å². The summed E-state index contributed by atoms with van der Waals surface area (Å²) in [5.41, 5.74) is 2.65. The molecule has 0 unspecified atom stereocenters. The maximum absolute atomic E-state index is 11.1. The maximum Gasteiger partial charge on any atom is 0.305 e. The van der Waals surface area contributed by atoms with Crippen molar-refractivity contribution < 1.29 is 9.53 Å². The third-order valence-electron chi connectivity index (χ3n) is 2.48. The molecule has 0 spiro atoms. The Morgan fingerprint density at radius 3 is 2.81 bits per heavy atom. The third kappa shape index (κ3) is 4.96. The van der Waals surface area contributed by atoms with E-state index in [4.69, 9.17) is 4.74 Å². The fraction of sp³-hybridized carbons (Fsp3) is 0.500. The molecule has 1 aromatic rings. The molecule has 16 heavy (non-hydrogen) atoms. The fourth-order valence-corrected chi connectivity index (χ4v) is 1.70. The number of hydrogen-bond donors (Lipinski definition) is 0. The van der Waals surface area contributed by atoms with Crippen LogP contribution < -0.4 is 0 Å². The number of benzene rings is 1. The van der Waals surface area contributed by atoms with Crippen LogP contribution in [-0.4, -0.2) is 12.6 Å². The first kappa shape index (κ1) is 12.8. The lowest BCUT2D eigenvalue weighted by atomic mass is 10.1. The normalized spacial score (nSPS) is 10.1. The molecule has 0 aliphatic carbocycles. The van der Waals surface area contributed by atoms with Crippen molar-refractivity contribution >= 4 is 5.97 Å². The first-order valence-corrected chi connectivity index (χ1v) is 5.93. The minimum absolute atomic E-state index is 0.0771. The van der Waals surface area contributed by atoms with Gasteiger partial charge in [-0.05, 0) is 38.7 Å². The van der Waals surface area contributed by atoms with Gasteiger partial charge in [-0.1, -0.05) is 29.8 Å². The second-order valence-corrected chi connectivity index (χ2v) is 4.00. The number of rotatable bonds is 6. The predicted octanol–water partition coefficient (Wildman–Crippen LogP) is 3.27. The summed E-state index contributed by atoms with van der Waals surface area (Å²) in [4.78, 5) is 11.1. The second-order valence-electron chi connectivity index (χ2n) is 4.00. The Bertz CT molecular complexity index is 331. The van der Waals surface area contributed by atoms with Crippen LogP contribution in [0.3, 0.4) is 0 Å². The Hall–Kier alpha value is -1.31. The number of carbonyl (C=O) groups is 1. The van der Waals surface area contributed by atoms with Crippen LogP contribution >= 0.6 is 0 Å². The topological polar surface area (TPSA) is 26.3 Å². The highest BCUT2D eigenvalue weighted by Crippen LogP contribution is 2.09. The number of hydrogen-bond acceptors (Lipinski definition) is 2. The molecule has 0 aliphatic heterocycles. The molecule has 0 heterocycles. The van der Waals surface area contributed by atoms with E-state index in [0.29, 0.717) is 13.0 Å². The molecule has 0 bridgehead atoms. The molecule has 0 aliphatic rings. The van der Waals surface area contributed by atoms with E-state index in [1.807, 2.05) is 6.92 Å². The molecule has 2 nitrogen and oxygen atoms in total. The Morgan fingerprint density at radius 1 is 1.31 bits per heavy atom. The third-order valence-corrected chi connectivity index (χ3v) is 2.48. The van der Waals surface area contributed by atoms with Crippen molar-refractivity contribution in [3.05, 3.63) is 35.4 Å². The second kappa shape index (κ2) is 7.04. The van der Waals surface area contributed by atoms with E-state index < -0.39 is 0 Å². The summed E-state index contributed by atoms with van der Waals surface area (Å²) in [7, 11) is 0. The summed E-state index contributed by atoms with van der Waals surface area (Å²) in [6.45, 7) is 4.42. The van der Waals surface area contributed by atoms with E-state index in [1.54, 1.807) is 0 Å². The molecule has 0 saturated heterocycles. The Morgan fingerprint density at radius 2 is 2.12 bits per heavy atom. The molecule has 2 heteroatoms. The van der Waals surface area contributed by atoms with Gasteiger partial charge in [-0.2, -0.15) is 0 Å². The lowest BCUT2D eigenvalue weighted by molar-refractivity contribution is -0.143. The van der Waals surface area contributed by atoms with Crippen LogP contribution in [0.15, 0.2) is 24.3 Å². The van der Waals surface area contributed by atoms with Crippen LogP contribution in [0.5, 0.6) is 0 Å². The van der Waals surface area contributed by atoms with Gasteiger partial charge in [0.1, 0.15) is 0 Å². The lowest BCUT2D eigenvalue weighted by Gasteiger charge is -2.03. The van der Waals surface area contributed by atoms with Gasteiger partial charge in [-0.3, -0.25) is 4.79 Å². The van der Waals surface area contributed by atoms with Gasteiger partial charge in [0.25, 0.3) is 0 Å². The molecule has 0 atom stereocenters. The van der Waals surface area contributed by atoms with Crippen molar-refractivity contribution in [3.63, 3.8) is 0 Å². The van der Waals surface area contributed by atoms with Crippen molar-refractivity contribution in [3.8, 4) is 0 Å². The monoisotopic (exact) mass is 220 g/mol. The highest BCUT2D eigenvalue weighted by atomic mass is 16.5. The number of ether oxygens (including phenoxy) is 1. The minimum atomic E-state index is -0.0771. The van der Waals surface area contributed by atoms with Gasteiger partial charge in [-0.15, -0.1) is 0 Å². The van der Waals surface area contributed by atoms with Crippen LogP contribution in [0, 0.1) is 6.92 Å². The van der Waals surface area contributed by atoms with Gasteiger partial charge < -0.3 is 4.74 Å². The average molecular weight is 220 g/mol. The van der Waals surface area contributed by atoms with E-state index in [1.165, 1.54) is 11.1 Å². The molecular formula is C14H20O2. The molecule has 88 valence electrons. The summed E-state index contributed by atoms with van der Waals surface area (Å²) >= 11 is 0. The van der Waals surface area contributed by atoms with Crippen LogP contribution in [0.1, 0.15) is 37.3 Å². The van der Waals surface area contributed by atoms with Crippen molar-refractivity contribution in [2.75, 3.05) is 6.61 Å². The number of unbranched alkanes of at least 4 members (excludes halogenated alkanes) is 1.